The van der Waals surface area contributed by atoms with E-state index in [-0.39, 0.29) is 6.10 Å². The Morgan fingerprint density at radius 2 is 1.95 bits per heavy atom. The molecule has 0 bridgehead atoms. The van der Waals surface area contributed by atoms with Crippen LogP contribution in [0.5, 0.6) is 5.75 Å². The van der Waals surface area contributed by atoms with Crippen LogP contribution in [0.3, 0.4) is 0 Å². The van der Waals surface area contributed by atoms with E-state index in [1.54, 1.807) is 0 Å². The number of hydrogen-bond donors (Lipinski definition) is 1. The van der Waals surface area contributed by atoms with Crippen molar-refractivity contribution in [1.29, 1.82) is 0 Å². The first-order valence-corrected chi connectivity index (χ1v) is 7.85. The number of ether oxygens (including phenoxy) is 1. The monoisotopic (exact) mass is 278 g/mol. The lowest BCUT2D eigenvalue weighted by Gasteiger charge is -2.21. The number of nitrogens with zero attached hydrogens (tertiary/aromatic N) is 1. The van der Waals surface area contributed by atoms with E-state index >= 15 is 0 Å². The first kappa shape index (κ1) is 17.0. The molecular weight excluding hydrogens is 248 g/mol. The maximum Gasteiger partial charge on any atom is 0.120 e. The number of nitrogens with one attached hydrogen (secondary N) is 1. The topological polar surface area (TPSA) is 24.5 Å². The quantitative estimate of drug-likeness (QED) is 0.666. The molecule has 1 aromatic carbocycles. The lowest BCUT2D eigenvalue weighted by molar-refractivity contribution is 0.190. The van der Waals surface area contributed by atoms with Gasteiger partial charge in [0.15, 0.2) is 0 Å². The van der Waals surface area contributed by atoms with Gasteiger partial charge < -0.3 is 15.0 Å². The Kier molecular flexibility index (Phi) is 8.31. The molecule has 1 aromatic rings. The molecule has 0 aromatic heterocycles. The minimum Gasteiger partial charge on any atom is -0.489 e. The normalized spacial score (nSPS) is 12.7. The van der Waals surface area contributed by atoms with E-state index in [2.05, 4.69) is 50.0 Å². The second kappa shape index (κ2) is 9.78. The van der Waals surface area contributed by atoms with E-state index in [1.807, 2.05) is 12.1 Å². The van der Waals surface area contributed by atoms with Gasteiger partial charge >= 0.3 is 0 Å². The summed E-state index contributed by atoms with van der Waals surface area (Å²) in [5.41, 5.74) is 1.24. The van der Waals surface area contributed by atoms with Gasteiger partial charge in [0.2, 0.25) is 0 Å². The van der Waals surface area contributed by atoms with Crippen LogP contribution in [-0.2, 0) is 0 Å². The van der Waals surface area contributed by atoms with E-state index in [1.165, 1.54) is 5.56 Å². The number of rotatable bonds is 10. The van der Waals surface area contributed by atoms with Crippen LogP contribution in [0.2, 0.25) is 0 Å². The van der Waals surface area contributed by atoms with Gasteiger partial charge in [-0.25, -0.2) is 0 Å². The molecule has 1 atom stereocenters. The van der Waals surface area contributed by atoms with Crippen LogP contribution in [0.25, 0.3) is 0 Å². The summed E-state index contributed by atoms with van der Waals surface area (Å²) in [6, 6.07) is 8.27. The molecule has 0 fully saturated rings. The van der Waals surface area contributed by atoms with Crippen LogP contribution < -0.4 is 10.1 Å². The van der Waals surface area contributed by atoms with Crippen molar-refractivity contribution in [2.24, 2.45) is 0 Å². The zero-order valence-electron chi connectivity index (χ0n) is 13.5. The molecule has 0 radical (unpaired) electrons. The summed E-state index contributed by atoms with van der Waals surface area (Å²) in [5, 5.41) is 3.50. The van der Waals surface area contributed by atoms with Crippen LogP contribution in [0, 0.1) is 6.92 Å². The highest BCUT2D eigenvalue weighted by atomic mass is 16.5. The molecule has 1 N–H and O–H groups in total. The highest BCUT2D eigenvalue weighted by Gasteiger charge is 2.08. The molecule has 114 valence electrons. The van der Waals surface area contributed by atoms with Gasteiger partial charge in [0.05, 0.1) is 0 Å². The fraction of sp³-hybridized carbons (Fsp3) is 0.647. The molecule has 3 nitrogen and oxygen atoms in total. The molecule has 1 rings (SSSR count). The molecule has 0 aliphatic carbocycles. The summed E-state index contributed by atoms with van der Waals surface area (Å²) in [6.45, 7) is 14.0. The highest BCUT2D eigenvalue weighted by Crippen LogP contribution is 2.15. The molecule has 20 heavy (non-hydrogen) atoms. The average Bonchev–Trinajstić information content (AvgIpc) is 2.46. The molecule has 0 unspecified atom stereocenters. The summed E-state index contributed by atoms with van der Waals surface area (Å²) < 4.78 is 6.03. The lowest BCUT2D eigenvalue weighted by Crippen LogP contribution is -2.37. The zero-order chi connectivity index (χ0) is 14.8. The van der Waals surface area contributed by atoms with Crippen LogP contribution >= 0.6 is 0 Å². The SMILES string of the molecule is CC[C@H](CNCCN(CC)CC)Oc1cccc(C)c1. The van der Waals surface area contributed by atoms with Crippen molar-refractivity contribution in [3.63, 3.8) is 0 Å². The average molecular weight is 278 g/mol. The smallest absolute Gasteiger partial charge is 0.120 e. The molecule has 3 heteroatoms. The maximum absolute atomic E-state index is 6.03. The summed E-state index contributed by atoms with van der Waals surface area (Å²) in [5.74, 6) is 0.974. The summed E-state index contributed by atoms with van der Waals surface area (Å²) in [4.78, 5) is 2.43. The second-order valence-corrected chi connectivity index (χ2v) is 5.20. The lowest BCUT2D eigenvalue weighted by atomic mass is 10.2. The molecule has 0 aliphatic rings. The Bertz CT molecular complexity index is 364. The maximum atomic E-state index is 6.03. The van der Waals surface area contributed by atoms with Gasteiger partial charge in [0.1, 0.15) is 11.9 Å². The van der Waals surface area contributed by atoms with Crippen LogP contribution in [0.4, 0.5) is 0 Å². The largest absolute Gasteiger partial charge is 0.489 e. The van der Waals surface area contributed by atoms with Crippen molar-refractivity contribution in [2.45, 2.75) is 40.2 Å². The van der Waals surface area contributed by atoms with Gasteiger partial charge in [-0.3, -0.25) is 0 Å². The van der Waals surface area contributed by atoms with Crippen LogP contribution in [0.15, 0.2) is 24.3 Å². The predicted molar refractivity (Wildman–Crippen MR) is 86.5 cm³/mol. The van der Waals surface area contributed by atoms with Gasteiger partial charge in [-0.2, -0.15) is 0 Å². The third-order valence-electron chi connectivity index (χ3n) is 3.62. The Morgan fingerprint density at radius 3 is 2.55 bits per heavy atom. The van der Waals surface area contributed by atoms with Crippen molar-refractivity contribution in [2.75, 3.05) is 32.7 Å². The molecule has 0 spiro atoms. The molecule has 0 saturated heterocycles. The minimum absolute atomic E-state index is 0.244. The molecular formula is C17H30N2O. The van der Waals surface area contributed by atoms with E-state index in [4.69, 9.17) is 4.74 Å². The number of likely N-dealkylation sites (N-methyl/N-ethyl adjacent to an activating group) is 1. The van der Waals surface area contributed by atoms with Crippen molar-refractivity contribution < 1.29 is 4.74 Å². The number of benzene rings is 1. The molecule has 0 aliphatic heterocycles. The first-order chi connectivity index (χ1) is 9.69. The van der Waals surface area contributed by atoms with Crippen molar-refractivity contribution >= 4 is 0 Å². The van der Waals surface area contributed by atoms with Gasteiger partial charge in [-0.05, 0) is 44.1 Å². The van der Waals surface area contributed by atoms with Crippen LogP contribution in [-0.4, -0.2) is 43.7 Å². The number of aryl methyl sites for hydroxylation is 1. The van der Waals surface area contributed by atoms with Gasteiger partial charge in [-0.15, -0.1) is 0 Å². The fourth-order valence-corrected chi connectivity index (χ4v) is 2.19. The van der Waals surface area contributed by atoms with Gasteiger partial charge in [0, 0.05) is 19.6 Å². The molecule has 0 heterocycles. The second-order valence-electron chi connectivity index (χ2n) is 5.20. The van der Waals surface area contributed by atoms with Gasteiger partial charge in [-0.1, -0.05) is 32.9 Å². The van der Waals surface area contributed by atoms with Crippen molar-refractivity contribution in [3.8, 4) is 5.75 Å². The van der Waals surface area contributed by atoms with E-state index in [0.717, 1.165) is 44.9 Å². The molecule has 0 saturated carbocycles. The van der Waals surface area contributed by atoms with E-state index in [9.17, 15) is 0 Å². The first-order valence-electron chi connectivity index (χ1n) is 7.85. The van der Waals surface area contributed by atoms with Gasteiger partial charge in [0.25, 0.3) is 0 Å². The Labute approximate surface area is 124 Å². The third-order valence-corrected chi connectivity index (χ3v) is 3.62. The van der Waals surface area contributed by atoms with Crippen molar-refractivity contribution in [1.82, 2.24) is 10.2 Å². The van der Waals surface area contributed by atoms with E-state index < -0.39 is 0 Å². The van der Waals surface area contributed by atoms with E-state index in [0.29, 0.717) is 0 Å². The standard InChI is InChI=1S/C17H30N2O/c1-5-16(14-18-11-12-19(6-2)7-3)20-17-10-8-9-15(4)13-17/h8-10,13,16,18H,5-7,11-12,14H2,1-4H3/t16-/m1/s1. The minimum atomic E-state index is 0.244. The third kappa shape index (κ3) is 6.40. The predicted octanol–water partition coefficient (Wildman–Crippen LogP) is 3.08. The zero-order valence-corrected chi connectivity index (χ0v) is 13.5. The summed E-state index contributed by atoms with van der Waals surface area (Å²) >= 11 is 0. The van der Waals surface area contributed by atoms with Crippen LogP contribution in [0.1, 0.15) is 32.8 Å². The number of hydrogen-bond acceptors (Lipinski definition) is 3. The highest BCUT2D eigenvalue weighted by molar-refractivity contribution is 5.27. The van der Waals surface area contributed by atoms with Crippen molar-refractivity contribution in [3.05, 3.63) is 29.8 Å². The Balaban J connectivity index is 2.29. The fourth-order valence-electron chi connectivity index (χ4n) is 2.19. The Hall–Kier alpha value is -1.06. The Morgan fingerprint density at radius 1 is 1.20 bits per heavy atom. The molecule has 0 amide bonds. The summed E-state index contributed by atoms with van der Waals surface area (Å²) in [7, 11) is 0. The summed E-state index contributed by atoms with van der Waals surface area (Å²) in [6.07, 6.45) is 1.26.